The molecule has 162 valence electrons. The maximum absolute atomic E-state index is 13.7. The minimum Gasteiger partial charge on any atom is -0.491 e. The van der Waals surface area contributed by atoms with Gasteiger partial charge in [0.05, 0.1) is 31.1 Å². The van der Waals surface area contributed by atoms with Crippen LogP contribution in [0.3, 0.4) is 0 Å². The molecule has 1 aliphatic carbocycles. The molecule has 0 saturated heterocycles. The zero-order valence-corrected chi connectivity index (χ0v) is 17.5. The molecule has 4 rings (SSSR count). The van der Waals surface area contributed by atoms with E-state index in [1.54, 1.807) is 24.3 Å². The molecule has 1 aliphatic rings. The third kappa shape index (κ3) is 4.57. The van der Waals surface area contributed by atoms with Gasteiger partial charge in [-0.2, -0.15) is 0 Å². The van der Waals surface area contributed by atoms with Crippen LogP contribution in [-0.2, 0) is 14.3 Å². The molecule has 0 unspecified atom stereocenters. The summed E-state index contributed by atoms with van der Waals surface area (Å²) in [6.07, 6.45) is 1.40. The first-order valence-electron chi connectivity index (χ1n) is 9.81. The van der Waals surface area contributed by atoms with E-state index >= 15 is 0 Å². The van der Waals surface area contributed by atoms with Crippen LogP contribution in [-0.4, -0.2) is 32.4 Å². The first kappa shape index (κ1) is 21.3. The van der Waals surface area contributed by atoms with Gasteiger partial charge in [0.15, 0.2) is 11.0 Å². The molecule has 3 aromatic rings. The maximum Gasteiger partial charge on any atom is 0.308 e. The Morgan fingerprint density at radius 3 is 2.61 bits per heavy atom. The van der Waals surface area contributed by atoms with E-state index in [-0.39, 0.29) is 45.2 Å². The van der Waals surface area contributed by atoms with Gasteiger partial charge in [0, 0.05) is 11.6 Å². The van der Waals surface area contributed by atoms with Crippen molar-refractivity contribution in [3.8, 4) is 17.1 Å². The largest absolute Gasteiger partial charge is 0.491 e. The lowest BCUT2D eigenvalue weighted by Gasteiger charge is -2.32. The molecule has 0 bridgehead atoms. The number of benzene rings is 2. The van der Waals surface area contributed by atoms with Crippen molar-refractivity contribution in [3.05, 3.63) is 63.5 Å². The summed E-state index contributed by atoms with van der Waals surface area (Å²) in [7, 11) is 1.39. The average Bonchev–Trinajstić information content (AvgIpc) is 2.75. The summed E-state index contributed by atoms with van der Waals surface area (Å²) in [5, 5.41) is 0.000228. The molecule has 8 heteroatoms. The van der Waals surface area contributed by atoms with Crippen LogP contribution in [0.2, 0.25) is 5.02 Å². The summed E-state index contributed by atoms with van der Waals surface area (Å²) in [5.41, 5.74) is 0.347. The second kappa shape index (κ2) is 9.08. The summed E-state index contributed by atoms with van der Waals surface area (Å²) >= 11 is 5.96. The maximum atomic E-state index is 13.7. The van der Waals surface area contributed by atoms with Crippen molar-refractivity contribution < 1.29 is 27.8 Å². The van der Waals surface area contributed by atoms with Gasteiger partial charge < -0.3 is 18.6 Å². The smallest absolute Gasteiger partial charge is 0.308 e. The quantitative estimate of drug-likeness (QED) is 0.390. The second-order valence-electron chi connectivity index (χ2n) is 7.27. The van der Waals surface area contributed by atoms with E-state index in [0.29, 0.717) is 37.4 Å². The Kier molecular flexibility index (Phi) is 6.25. The van der Waals surface area contributed by atoms with Crippen molar-refractivity contribution in [1.82, 2.24) is 0 Å². The highest BCUT2D eigenvalue weighted by molar-refractivity contribution is 6.34. The van der Waals surface area contributed by atoms with Crippen molar-refractivity contribution in [2.24, 2.45) is 5.92 Å². The molecule has 1 aromatic heterocycles. The Morgan fingerprint density at radius 2 is 1.90 bits per heavy atom. The van der Waals surface area contributed by atoms with Gasteiger partial charge in [0.25, 0.3) is 0 Å². The molecule has 0 spiro atoms. The van der Waals surface area contributed by atoms with Crippen LogP contribution in [0.15, 0.2) is 51.7 Å². The number of esters is 1. The van der Waals surface area contributed by atoms with Gasteiger partial charge in [-0.3, -0.25) is 9.59 Å². The van der Waals surface area contributed by atoms with E-state index in [0.717, 1.165) is 6.07 Å². The van der Waals surface area contributed by atoms with Gasteiger partial charge in [-0.05, 0) is 49.2 Å². The molecule has 6 nitrogen and oxygen atoms in total. The van der Waals surface area contributed by atoms with Crippen molar-refractivity contribution in [2.45, 2.75) is 18.9 Å². The molecule has 1 fully saturated rings. The molecule has 0 aliphatic heterocycles. The lowest BCUT2D eigenvalue weighted by Crippen LogP contribution is -2.37. The molecule has 31 heavy (non-hydrogen) atoms. The minimum absolute atomic E-state index is 0.0204. The predicted octanol–water partition coefficient (Wildman–Crippen LogP) is 4.60. The van der Waals surface area contributed by atoms with Gasteiger partial charge in [-0.1, -0.05) is 11.6 Å². The van der Waals surface area contributed by atoms with Gasteiger partial charge in [0.2, 0.25) is 0 Å². The summed E-state index contributed by atoms with van der Waals surface area (Å²) in [5.74, 6) is 0.00428. The minimum atomic E-state index is -0.650. The molecule has 0 radical (unpaired) electrons. The first-order chi connectivity index (χ1) is 15.0. The summed E-state index contributed by atoms with van der Waals surface area (Å²) < 4.78 is 35.4. The molecule has 0 N–H and O–H groups in total. The summed E-state index contributed by atoms with van der Waals surface area (Å²) in [6.45, 7) is 0.766. The number of hydrogen-bond donors (Lipinski definition) is 0. The monoisotopic (exact) mass is 446 g/mol. The number of hydrogen-bond acceptors (Lipinski definition) is 6. The van der Waals surface area contributed by atoms with Crippen LogP contribution < -0.4 is 10.2 Å². The SMILES string of the molecule is COC(=O)C1CC(OCCOc2ccc(-c3cc(=O)c4ccc(F)c(Cl)c4o3)cc2)C1. The fourth-order valence-corrected chi connectivity index (χ4v) is 3.66. The van der Waals surface area contributed by atoms with Gasteiger partial charge in [-0.15, -0.1) is 0 Å². The fraction of sp³-hybridized carbons (Fsp3) is 0.304. The number of carbonyl (C=O) groups is 1. The standard InChI is InChI=1S/C23H20ClFO6/c1-28-23(27)14-10-16(11-14)30-9-8-29-15-4-2-13(3-5-15)20-12-19(26)17-6-7-18(25)21(24)22(17)31-20/h2-7,12,14,16H,8-11H2,1H3. The Morgan fingerprint density at radius 1 is 1.16 bits per heavy atom. The Hall–Kier alpha value is -2.90. The van der Waals surface area contributed by atoms with E-state index in [9.17, 15) is 14.0 Å². The van der Waals surface area contributed by atoms with Crippen molar-refractivity contribution in [1.29, 1.82) is 0 Å². The van der Waals surface area contributed by atoms with Crippen molar-refractivity contribution in [2.75, 3.05) is 20.3 Å². The van der Waals surface area contributed by atoms with Crippen LogP contribution in [0.25, 0.3) is 22.3 Å². The average molecular weight is 447 g/mol. The molecular weight excluding hydrogens is 427 g/mol. The van der Waals surface area contributed by atoms with Crippen molar-refractivity contribution in [3.63, 3.8) is 0 Å². The van der Waals surface area contributed by atoms with Crippen molar-refractivity contribution >= 4 is 28.5 Å². The van der Waals surface area contributed by atoms with E-state index in [1.807, 2.05) is 0 Å². The second-order valence-corrected chi connectivity index (χ2v) is 7.65. The Labute approximate surface area is 182 Å². The Balaban J connectivity index is 1.34. The van der Waals surface area contributed by atoms with E-state index in [4.69, 9.17) is 30.2 Å². The highest BCUT2D eigenvalue weighted by Crippen LogP contribution is 2.31. The first-order valence-corrected chi connectivity index (χ1v) is 10.2. The van der Waals surface area contributed by atoms with Crippen LogP contribution in [0.1, 0.15) is 12.8 Å². The highest BCUT2D eigenvalue weighted by Gasteiger charge is 2.35. The lowest BCUT2D eigenvalue weighted by atomic mass is 9.82. The number of methoxy groups -OCH3 is 1. The van der Waals surface area contributed by atoms with Crippen LogP contribution in [0.5, 0.6) is 5.75 Å². The zero-order chi connectivity index (χ0) is 22.0. The molecule has 2 aromatic carbocycles. The van der Waals surface area contributed by atoms with E-state index in [1.165, 1.54) is 19.2 Å². The molecule has 0 atom stereocenters. The van der Waals surface area contributed by atoms with E-state index < -0.39 is 5.82 Å². The summed E-state index contributed by atoms with van der Waals surface area (Å²) in [4.78, 5) is 23.7. The van der Waals surface area contributed by atoms with Gasteiger partial charge in [-0.25, -0.2) is 4.39 Å². The lowest BCUT2D eigenvalue weighted by molar-refractivity contribution is -0.155. The van der Waals surface area contributed by atoms with Crippen LogP contribution >= 0.6 is 11.6 Å². The molecule has 1 heterocycles. The molecule has 1 saturated carbocycles. The molecular formula is C23H20ClFO6. The number of halogens is 2. The fourth-order valence-electron chi connectivity index (χ4n) is 3.45. The summed E-state index contributed by atoms with van der Waals surface area (Å²) in [6, 6.07) is 10.8. The molecule has 0 amide bonds. The van der Waals surface area contributed by atoms with Crippen LogP contribution in [0.4, 0.5) is 4.39 Å². The third-order valence-corrected chi connectivity index (χ3v) is 5.62. The number of fused-ring (bicyclic) bond motifs is 1. The topological polar surface area (TPSA) is 75.0 Å². The van der Waals surface area contributed by atoms with Crippen LogP contribution in [0, 0.1) is 11.7 Å². The van der Waals surface area contributed by atoms with Gasteiger partial charge in [0.1, 0.15) is 29.0 Å². The van der Waals surface area contributed by atoms with Gasteiger partial charge >= 0.3 is 5.97 Å². The van der Waals surface area contributed by atoms with E-state index in [2.05, 4.69) is 0 Å². The zero-order valence-electron chi connectivity index (χ0n) is 16.7. The number of rotatable bonds is 7. The normalized spacial score (nSPS) is 17.9. The number of ether oxygens (including phenoxy) is 3. The predicted molar refractivity (Wildman–Crippen MR) is 113 cm³/mol. The Bertz CT molecular complexity index is 1150. The highest BCUT2D eigenvalue weighted by atomic mass is 35.5. The number of carbonyl (C=O) groups excluding carboxylic acids is 1. The third-order valence-electron chi connectivity index (χ3n) is 5.26.